The van der Waals surface area contributed by atoms with Gasteiger partial charge in [0.2, 0.25) is 5.91 Å². The lowest BCUT2D eigenvalue weighted by molar-refractivity contribution is -0.114. The van der Waals surface area contributed by atoms with Gasteiger partial charge >= 0.3 is 5.97 Å². The van der Waals surface area contributed by atoms with Gasteiger partial charge in [0.15, 0.2) is 11.0 Å². The molecule has 3 rings (SSSR count). The van der Waals surface area contributed by atoms with Gasteiger partial charge in [-0.1, -0.05) is 36.0 Å². The fraction of sp³-hybridized carbons (Fsp3) is 0.200. The molecular weight excluding hydrogens is 376 g/mol. The van der Waals surface area contributed by atoms with Gasteiger partial charge in [-0.15, -0.1) is 10.2 Å². The highest BCUT2D eigenvalue weighted by Gasteiger charge is 2.14. The Kier molecular flexibility index (Phi) is 6.10. The summed E-state index contributed by atoms with van der Waals surface area (Å²) in [5.74, 6) is 0.331. The van der Waals surface area contributed by atoms with Crippen LogP contribution in [0.1, 0.15) is 29.8 Å². The second-order valence-corrected chi connectivity index (χ2v) is 7.05. The van der Waals surface area contributed by atoms with Gasteiger partial charge in [0, 0.05) is 30.5 Å². The number of benzene rings is 2. The van der Waals surface area contributed by atoms with Crippen LogP contribution in [0.5, 0.6) is 0 Å². The van der Waals surface area contributed by atoms with Crippen LogP contribution in [-0.2, 0) is 17.1 Å². The predicted octanol–water partition coefficient (Wildman–Crippen LogP) is 3.91. The number of anilines is 1. The fourth-order valence-corrected chi connectivity index (χ4v) is 3.68. The zero-order valence-electron chi connectivity index (χ0n) is 15.5. The van der Waals surface area contributed by atoms with Crippen LogP contribution in [-0.4, -0.2) is 31.7 Å². The fourth-order valence-electron chi connectivity index (χ4n) is 2.72. The average Bonchev–Trinajstić information content (AvgIpc) is 3.09. The second kappa shape index (κ2) is 8.71. The molecule has 3 aromatic rings. The van der Waals surface area contributed by atoms with Crippen molar-refractivity contribution in [3.05, 3.63) is 59.7 Å². The highest BCUT2D eigenvalue weighted by atomic mass is 32.2. The molecule has 2 N–H and O–H groups in total. The van der Waals surface area contributed by atoms with Crippen molar-refractivity contribution >= 4 is 29.3 Å². The third-order valence-corrected chi connectivity index (χ3v) is 5.08. The number of carboxylic acid groups (broad SMARTS) is 1. The van der Waals surface area contributed by atoms with E-state index in [2.05, 4.69) is 15.5 Å². The van der Waals surface area contributed by atoms with Gasteiger partial charge in [-0.25, -0.2) is 4.79 Å². The molecule has 0 aliphatic heterocycles. The minimum Gasteiger partial charge on any atom is -0.478 e. The van der Waals surface area contributed by atoms with Gasteiger partial charge in [-0.05, 0) is 36.8 Å². The molecule has 0 spiro atoms. The van der Waals surface area contributed by atoms with Crippen molar-refractivity contribution in [1.82, 2.24) is 14.8 Å². The Balaban J connectivity index is 1.78. The molecule has 0 saturated carbocycles. The van der Waals surface area contributed by atoms with Crippen LogP contribution in [0.2, 0.25) is 0 Å². The van der Waals surface area contributed by atoms with E-state index in [1.54, 1.807) is 36.0 Å². The first-order chi connectivity index (χ1) is 13.5. The van der Waals surface area contributed by atoms with Crippen LogP contribution < -0.4 is 5.32 Å². The molecule has 1 amide bonds. The maximum absolute atomic E-state index is 11.3. The zero-order chi connectivity index (χ0) is 20.1. The summed E-state index contributed by atoms with van der Waals surface area (Å²) in [6.45, 7) is 4.20. The molecule has 144 valence electrons. The number of nitrogens with one attached hydrogen (secondary N) is 1. The molecule has 0 bridgehead atoms. The summed E-state index contributed by atoms with van der Waals surface area (Å²) >= 11 is 1.54. The van der Waals surface area contributed by atoms with Crippen molar-refractivity contribution in [3.8, 4) is 11.4 Å². The molecule has 1 aromatic heterocycles. The summed E-state index contributed by atoms with van der Waals surface area (Å²) in [4.78, 5) is 22.2. The number of carboxylic acids is 1. The van der Waals surface area contributed by atoms with E-state index in [4.69, 9.17) is 5.11 Å². The Morgan fingerprint density at radius 3 is 2.54 bits per heavy atom. The van der Waals surface area contributed by atoms with Crippen molar-refractivity contribution < 1.29 is 14.7 Å². The molecule has 1 heterocycles. The predicted molar refractivity (Wildman–Crippen MR) is 108 cm³/mol. The molecule has 0 fully saturated rings. The third kappa shape index (κ3) is 4.58. The first-order valence-corrected chi connectivity index (χ1v) is 9.72. The minimum absolute atomic E-state index is 0.126. The molecule has 28 heavy (non-hydrogen) atoms. The standard InChI is InChI=1S/C20H20N4O3S/c1-3-24-18(16-5-4-6-17(11-16)21-13(2)25)22-23-20(24)28-12-14-7-9-15(10-8-14)19(26)27/h4-11H,3,12H2,1-2H3,(H,21,25)(H,26,27). The van der Waals surface area contributed by atoms with E-state index in [9.17, 15) is 9.59 Å². The number of nitrogens with zero attached hydrogens (tertiary/aromatic N) is 3. The maximum atomic E-state index is 11.3. The Labute approximate surface area is 166 Å². The molecule has 0 radical (unpaired) electrons. The van der Waals surface area contributed by atoms with Crippen molar-refractivity contribution in [1.29, 1.82) is 0 Å². The second-order valence-electron chi connectivity index (χ2n) is 6.10. The lowest BCUT2D eigenvalue weighted by atomic mass is 10.1. The van der Waals surface area contributed by atoms with E-state index in [1.165, 1.54) is 6.92 Å². The monoisotopic (exact) mass is 396 g/mol. The van der Waals surface area contributed by atoms with E-state index >= 15 is 0 Å². The molecule has 0 saturated heterocycles. The van der Waals surface area contributed by atoms with E-state index in [-0.39, 0.29) is 11.5 Å². The molecule has 7 nitrogen and oxygen atoms in total. The summed E-state index contributed by atoms with van der Waals surface area (Å²) in [6, 6.07) is 14.3. The molecule has 0 unspecified atom stereocenters. The lowest BCUT2D eigenvalue weighted by Crippen LogP contribution is -2.06. The van der Waals surface area contributed by atoms with Gasteiger partial charge in [0.25, 0.3) is 0 Å². The Bertz CT molecular complexity index is 999. The summed E-state index contributed by atoms with van der Waals surface area (Å²) in [6.07, 6.45) is 0. The Morgan fingerprint density at radius 1 is 1.14 bits per heavy atom. The van der Waals surface area contributed by atoms with Gasteiger partial charge in [0.1, 0.15) is 0 Å². The van der Waals surface area contributed by atoms with Crippen molar-refractivity contribution in [2.24, 2.45) is 0 Å². The topological polar surface area (TPSA) is 97.1 Å². The van der Waals surface area contributed by atoms with Crippen molar-refractivity contribution in [2.75, 3.05) is 5.32 Å². The molecule has 2 aromatic carbocycles. The normalized spacial score (nSPS) is 10.6. The number of aromatic nitrogens is 3. The van der Waals surface area contributed by atoms with Gasteiger partial charge in [-0.2, -0.15) is 0 Å². The highest BCUT2D eigenvalue weighted by molar-refractivity contribution is 7.98. The number of carbonyl (C=O) groups excluding carboxylic acids is 1. The van der Waals surface area contributed by atoms with Gasteiger partial charge < -0.3 is 15.0 Å². The third-order valence-electron chi connectivity index (χ3n) is 4.04. The minimum atomic E-state index is -0.934. The highest BCUT2D eigenvalue weighted by Crippen LogP contribution is 2.27. The SMILES string of the molecule is CCn1c(SCc2ccc(C(=O)O)cc2)nnc1-c1cccc(NC(C)=O)c1. The summed E-state index contributed by atoms with van der Waals surface area (Å²) in [5.41, 5.74) is 2.86. The largest absolute Gasteiger partial charge is 0.478 e. The molecule has 0 aliphatic carbocycles. The van der Waals surface area contributed by atoms with Crippen LogP contribution in [0.25, 0.3) is 11.4 Å². The Morgan fingerprint density at radius 2 is 1.89 bits per heavy atom. The number of thioether (sulfide) groups is 1. The van der Waals surface area contributed by atoms with Crippen molar-refractivity contribution in [2.45, 2.75) is 31.3 Å². The maximum Gasteiger partial charge on any atom is 0.335 e. The van der Waals surface area contributed by atoms with Crippen LogP contribution in [0.4, 0.5) is 5.69 Å². The average molecular weight is 396 g/mol. The first kappa shape index (κ1) is 19.6. The van der Waals surface area contributed by atoms with E-state index in [1.807, 2.05) is 35.8 Å². The van der Waals surface area contributed by atoms with Crippen LogP contribution >= 0.6 is 11.8 Å². The van der Waals surface area contributed by atoms with Crippen LogP contribution in [0.3, 0.4) is 0 Å². The van der Waals surface area contributed by atoms with E-state index in [0.717, 1.165) is 22.1 Å². The van der Waals surface area contributed by atoms with E-state index < -0.39 is 5.97 Å². The molecule has 8 heteroatoms. The number of amides is 1. The van der Waals surface area contributed by atoms with Crippen molar-refractivity contribution in [3.63, 3.8) is 0 Å². The zero-order valence-corrected chi connectivity index (χ0v) is 16.4. The number of hydrogen-bond donors (Lipinski definition) is 2. The molecule has 0 atom stereocenters. The number of rotatable bonds is 7. The number of hydrogen-bond acceptors (Lipinski definition) is 5. The summed E-state index contributed by atoms with van der Waals surface area (Å²) in [5, 5.41) is 21.2. The van der Waals surface area contributed by atoms with Crippen LogP contribution in [0.15, 0.2) is 53.7 Å². The van der Waals surface area contributed by atoms with Crippen LogP contribution in [0, 0.1) is 0 Å². The summed E-state index contributed by atoms with van der Waals surface area (Å²) in [7, 11) is 0. The number of aromatic carboxylic acids is 1. The lowest BCUT2D eigenvalue weighted by Gasteiger charge is -2.09. The first-order valence-electron chi connectivity index (χ1n) is 8.74. The number of carbonyl (C=O) groups is 2. The van der Waals surface area contributed by atoms with Gasteiger partial charge in [0.05, 0.1) is 5.56 Å². The molecular formula is C20H20N4O3S. The molecule has 0 aliphatic rings. The quantitative estimate of drug-likeness (QED) is 0.588. The summed E-state index contributed by atoms with van der Waals surface area (Å²) < 4.78 is 2.02. The van der Waals surface area contributed by atoms with E-state index in [0.29, 0.717) is 18.0 Å². The smallest absolute Gasteiger partial charge is 0.335 e. The Hall–Kier alpha value is -3.13. The van der Waals surface area contributed by atoms with Gasteiger partial charge in [-0.3, -0.25) is 4.79 Å².